The lowest BCUT2D eigenvalue weighted by Gasteiger charge is -2.11. The summed E-state index contributed by atoms with van der Waals surface area (Å²) in [5.41, 5.74) is 3.33. The van der Waals surface area contributed by atoms with E-state index in [9.17, 15) is 4.79 Å². The number of nitrogens with one attached hydrogen (secondary N) is 2. The van der Waals surface area contributed by atoms with Crippen LogP contribution in [0.4, 0.5) is 10.5 Å². The number of hydrogen-bond donors (Lipinski definition) is 2. The van der Waals surface area contributed by atoms with Crippen LogP contribution >= 0.6 is 0 Å². The zero-order valence-corrected chi connectivity index (χ0v) is 16.3. The number of methoxy groups -OCH3 is 2. The highest BCUT2D eigenvalue weighted by molar-refractivity contribution is 5.89. The van der Waals surface area contributed by atoms with Crippen LogP contribution in [0.25, 0.3) is 11.5 Å². The molecule has 3 rings (SSSR count). The van der Waals surface area contributed by atoms with Crippen LogP contribution in [-0.2, 0) is 6.54 Å². The van der Waals surface area contributed by atoms with Gasteiger partial charge in [-0.15, -0.1) is 0 Å². The Labute approximate surface area is 163 Å². The Balaban J connectivity index is 1.62. The minimum atomic E-state index is -0.355. The third-order valence-electron chi connectivity index (χ3n) is 4.25. The number of oxazole rings is 1. The molecule has 2 N–H and O–H groups in total. The van der Waals surface area contributed by atoms with E-state index < -0.39 is 0 Å². The highest BCUT2D eigenvalue weighted by Crippen LogP contribution is 2.29. The van der Waals surface area contributed by atoms with Gasteiger partial charge in [-0.25, -0.2) is 9.78 Å². The summed E-state index contributed by atoms with van der Waals surface area (Å²) in [7, 11) is 3.10. The van der Waals surface area contributed by atoms with Gasteiger partial charge in [0.25, 0.3) is 0 Å². The first-order chi connectivity index (χ1) is 13.5. The van der Waals surface area contributed by atoms with Gasteiger partial charge in [-0.2, -0.15) is 0 Å². The molecule has 0 unspecified atom stereocenters. The predicted molar refractivity (Wildman–Crippen MR) is 107 cm³/mol. The van der Waals surface area contributed by atoms with E-state index in [1.807, 2.05) is 38.1 Å². The Morgan fingerprint density at radius 3 is 2.43 bits per heavy atom. The molecule has 0 radical (unpaired) electrons. The summed E-state index contributed by atoms with van der Waals surface area (Å²) in [4.78, 5) is 16.7. The Kier molecular flexibility index (Phi) is 5.84. The fourth-order valence-electron chi connectivity index (χ4n) is 2.66. The number of urea groups is 1. The first-order valence-corrected chi connectivity index (χ1v) is 8.80. The number of nitrogens with zero attached hydrogens (tertiary/aromatic N) is 1. The van der Waals surface area contributed by atoms with Crippen LogP contribution < -0.4 is 20.1 Å². The van der Waals surface area contributed by atoms with Crippen LogP contribution in [0.3, 0.4) is 0 Å². The standard InChI is InChI=1S/C21H23N3O4/c1-13-5-7-15(8-6-13)20-24-17(14(2)28-20)12-22-21(25)23-16-9-10-18(26-3)19(11-16)27-4/h5-11H,12H2,1-4H3,(H2,22,23,25). The SMILES string of the molecule is COc1ccc(NC(=O)NCc2nc(-c3ccc(C)cc3)oc2C)cc1OC. The van der Waals surface area contributed by atoms with Gasteiger partial charge < -0.3 is 24.5 Å². The van der Waals surface area contributed by atoms with Gasteiger partial charge in [-0.3, -0.25) is 0 Å². The number of aromatic nitrogens is 1. The summed E-state index contributed by atoms with van der Waals surface area (Å²) in [6, 6.07) is 12.7. The van der Waals surface area contributed by atoms with E-state index in [1.54, 1.807) is 32.4 Å². The molecule has 0 aliphatic rings. The number of aryl methyl sites for hydroxylation is 2. The quantitative estimate of drug-likeness (QED) is 0.665. The van der Waals surface area contributed by atoms with Crippen molar-refractivity contribution in [2.45, 2.75) is 20.4 Å². The minimum Gasteiger partial charge on any atom is -0.493 e. The second-order valence-electron chi connectivity index (χ2n) is 6.27. The molecule has 7 heteroatoms. The minimum absolute atomic E-state index is 0.250. The maximum absolute atomic E-state index is 12.2. The first kappa shape index (κ1) is 19.3. The summed E-state index contributed by atoms with van der Waals surface area (Å²) < 4.78 is 16.2. The number of ether oxygens (including phenoxy) is 2. The lowest BCUT2D eigenvalue weighted by molar-refractivity contribution is 0.251. The van der Waals surface area contributed by atoms with Gasteiger partial charge in [-0.1, -0.05) is 17.7 Å². The molecule has 0 bridgehead atoms. The zero-order valence-electron chi connectivity index (χ0n) is 16.3. The maximum atomic E-state index is 12.2. The zero-order chi connectivity index (χ0) is 20.1. The molecule has 2 amide bonds. The summed E-state index contributed by atoms with van der Waals surface area (Å²) in [5.74, 6) is 2.34. The van der Waals surface area contributed by atoms with Crippen LogP contribution in [0.15, 0.2) is 46.9 Å². The molecule has 1 heterocycles. The van der Waals surface area contributed by atoms with Crippen LogP contribution in [0.2, 0.25) is 0 Å². The smallest absolute Gasteiger partial charge is 0.319 e. The maximum Gasteiger partial charge on any atom is 0.319 e. The lowest BCUT2D eigenvalue weighted by Crippen LogP contribution is -2.28. The summed E-state index contributed by atoms with van der Waals surface area (Å²) in [5, 5.41) is 5.54. The van der Waals surface area contributed by atoms with Crippen molar-refractivity contribution in [3.63, 3.8) is 0 Å². The third-order valence-corrected chi connectivity index (χ3v) is 4.25. The fraction of sp³-hybridized carbons (Fsp3) is 0.238. The molecule has 2 aromatic carbocycles. The Morgan fingerprint density at radius 1 is 1.04 bits per heavy atom. The van der Waals surface area contributed by atoms with Crippen LogP contribution in [0.1, 0.15) is 17.0 Å². The normalized spacial score (nSPS) is 10.4. The van der Waals surface area contributed by atoms with Crippen LogP contribution in [-0.4, -0.2) is 25.2 Å². The van der Waals surface area contributed by atoms with E-state index in [1.165, 1.54) is 5.56 Å². The van der Waals surface area contributed by atoms with Crippen molar-refractivity contribution in [3.05, 3.63) is 59.5 Å². The van der Waals surface area contributed by atoms with Gasteiger partial charge in [-0.05, 0) is 38.1 Å². The van der Waals surface area contributed by atoms with Crippen molar-refractivity contribution < 1.29 is 18.7 Å². The first-order valence-electron chi connectivity index (χ1n) is 8.80. The molecule has 0 atom stereocenters. The average Bonchev–Trinajstić information content (AvgIpc) is 3.07. The monoisotopic (exact) mass is 381 g/mol. The van der Waals surface area contributed by atoms with Gasteiger partial charge in [0.1, 0.15) is 11.5 Å². The molecule has 28 heavy (non-hydrogen) atoms. The third kappa shape index (κ3) is 4.43. The van der Waals surface area contributed by atoms with Gasteiger partial charge >= 0.3 is 6.03 Å². The average molecular weight is 381 g/mol. The van der Waals surface area contributed by atoms with Crippen molar-refractivity contribution >= 4 is 11.7 Å². The van der Waals surface area contributed by atoms with E-state index in [4.69, 9.17) is 13.9 Å². The van der Waals surface area contributed by atoms with Crippen molar-refractivity contribution in [1.82, 2.24) is 10.3 Å². The topological polar surface area (TPSA) is 85.6 Å². The molecule has 0 saturated heterocycles. The molecule has 0 aliphatic heterocycles. The van der Waals surface area contributed by atoms with Crippen LogP contribution in [0.5, 0.6) is 11.5 Å². The van der Waals surface area contributed by atoms with E-state index in [-0.39, 0.29) is 12.6 Å². The number of hydrogen-bond acceptors (Lipinski definition) is 5. The summed E-state index contributed by atoms with van der Waals surface area (Å²) >= 11 is 0. The number of anilines is 1. The molecular weight excluding hydrogens is 358 g/mol. The highest BCUT2D eigenvalue weighted by atomic mass is 16.5. The molecule has 0 saturated carbocycles. The number of benzene rings is 2. The largest absolute Gasteiger partial charge is 0.493 e. The molecule has 3 aromatic rings. The summed E-state index contributed by atoms with van der Waals surface area (Å²) in [6.07, 6.45) is 0. The second-order valence-corrected chi connectivity index (χ2v) is 6.27. The van der Waals surface area contributed by atoms with E-state index in [2.05, 4.69) is 15.6 Å². The molecule has 0 aliphatic carbocycles. The Bertz CT molecular complexity index is 964. The second kappa shape index (κ2) is 8.47. The fourth-order valence-corrected chi connectivity index (χ4v) is 2.66. The predicted octanol–water partition coefficient (Wildman–Crippen LogP) is 4.30. The Hall–Kier alpha value is -3.48. The van der Waals surface area contributed by atoms with Crippen molar-refractivity contribution in [2.24, 2.45) is 0 Å². The van der Waals surface area contributed by atoms with Gasteiger partial charge in [0.05, 0.1) is 20.8 Å². The molecular formula is C21H23N3O4. The van der Waals surface area contributed by atoms with Crippen molar-refractivity contribution in [2.75, 3.05) is 19.5 Å². The number of carbonyl (C=O) groups is 1. The molecule has 0 fully saturated rings. The summed E-state index contributed by atoms with van der Waals surface area (Å²) in [6.45, 7) is 4.10. The van der Waals surface area contributed by atoms with E-state index >= 15 is 0 Å². The molecule has 7 nitrogen and oxygen atoms in total. The van der Waals surface area contributed by atoms with E-state index in [0.29, 0.717) is 34.5 Å². The van der Waals surface area contributed by atoms with E-state index in [0.717, 1.165) is 5.56 Å². The highest BCUT2D eigenvalue weighted by Gasteiger charge is 2.13. The van der Waals surface area contributed by atoms with Crippen molar-refractivity contribution in [1.29, 1.82) is 0 Å². The van der Waals surface area contributed by atoms with Gasteiger partial charge in [0.15, 0.2) is 11.5 Å². The van der Waals surface area contributed by atoms with Gasteiger partial charge in [0.2, 0.25) is 5.89 Å². The van der Waals surface area contributed by atoms with Crippen molar-refractivity contribution in [3.8, 4) is 23.0 Å². The molecule has 0 spiro atoms. The van der Waals surface area contributed by atoms with Crippen LogP contribution in [0, 0.1) is 13.8 Å². The lowest BCUT2D eigenvalue weighted by atomic mass is 10.1. The van der Waals surface area contributed by atoms with Gasteiger partial charge in [0, 0.05) is 17.3 Å². The number of rotatable bonds is 6. The number of amides is 2. The molecule has 1 aromatic heterocycles. The number of carbonyl (C=O) groups excluding carboxylic acids is 1. The Morgan fingerprint density at radius 2 is 1.75 bits per heavy atom. The molecule has 146 valence electrons.